The van der Waals surface area contributed by atoms with E-state index in [1.807, 2.05) is 43.3 Å². The van der Waals surface area contributed by atoms with E-state index in [1.54, 1.807) is 23.3 Å². The zero-order chi connectivity index (χ0) is 15.4. The number of rotatable bonds is 4. The number of amides is 1. The van der Waals surface area contributed by atoms with Crippen molar-refractivity contribution < 1.29 is 4.79 Å². The second-order valence-corrected chi connectivity index (χ2v) is 4.92. The molecule has 6 heteroatoms. The van der Waals surface area contributed by atoms with E-state index in [4.69, 9.17) is 0 Å². The number of aryl methyl sites for hydroxylation is 1. The Kier molecular flexibility index (Phi) is 3.91. The van der Waals surface area contributed by atoms with Crippen LogP contribution in [-0.2, 0) is 6.54 Å². The Morgan fingerprint density at radius 1 is 1.14 bits per heavy atom. The Balaban J connectivity index is 1.68. The normalized spacial score (nSPS) is 10.4. The summed E-state index contributed by atoms with van der Waals surface area (Å²) >= 11 is 0. The van der Waals surface area contributed by atoms with Crippen molar-refractivity contribution in [3.63, 3.8) is 0 Å². The van der Waals surface area contributed by atoms with Crippen LogP contribution in [0.5, 0.6) is 0 Å². The van der Waals surface area contributed by atoms with Gasteiger partial charge in [0.15, 0.2) is 5.69 Å². The minimum Gasteiger partial charge on any atom is -0.347 e. The van der Waals surface area contributed by atoms with Crippen LogP contribution in [0, 0.1) is 6.92 Å². The Labute approximate surface area is 127 Å². The van der Waals surface area contributed by atoms with Gasteiger partial charge in [-0.3, -0.25) is 9.78 Å². The molecule has 0 radical (unpaired) electrons. The fraction of sp³-hybridized carbons (Fsp3) is 0.125. The lowest BCUT2D eigenvalue weighted by Gasteiger charge is -2.02. The number of carbonyl (C=O) groups is 1. The van der Waals surface area contributed by atoms with E-state index in [0.717, 1.165) is 11.3 Å². The maximum atomic E-state index is 12.1. The first-order valence-electron chi connectivity index (χ1n) is 6.89. The number of benzene rings is 1. The van der Waals surface area contributed by atoms with Crippen LogP contribution < -0.4 is 5.32 Å². The van der Waals surface area contributed by atoms with Crippen LogP contribution in [0.2, 0.25) is 0 Å². The van der Waals surface area contributed by atoms with Gasteiger partial charge in [0, 0.05) is 18.9 Å². The van der Waals surface area contributed by atoms with Crippen LogP contribution >= 0.6 is 0 Å². The Bertz CT molecular complexity index is 765. The van der Waals surface area contributed by atoms with E-state index in [1.165, 1.54) is 5.56 Å². The van der Waals surface area contributed by atoms with Crippen molar-refractivity contribution in [3.05, 3.63) is 71.8 Å². The number of hydrogen-bond donors (Lipinski definition) is 1. The summed E-state index contributed by atoms with van der Waals surface area (Å²) in [5, 5.41) is 10.7. The molecule has 22 heavy (non-hydrogen) atoms. The van der Waals surface area contributed by atoms with Crippen LogP contribution in [0.1, 0.15) is 21.6 Å². The molecular formula is C16H15N5O. The van der Waals surface area contributed by atoms with Gasteiger partial charge in [-0.2, -0.15) is 0 Å². The third-order valence-electron chi connectivity index (χ3n) is 3.23. The van der Waals surface area contributed by atoms with Gasteiger partial charge in [0.05, 0.1) is 11.9 Å². The van der Waals surface area contributed by atoms with Crippen LogP contribution in [0.3, 0.4) is 0 Å². The molecule has 6 nitrogen and oxygen atoms in total. The molecule has 110 valence electrons. The molecule has 0 aliphatic carbocycles. The summed E-state index contributed by atoms with van der Waals surface area (Å²) in [6.07, 6.45) is 5.00. The lowest BCUT2D eigenvalue weighted by Crippen LogP contribution is -2.23. The summed E-state index contributed by atoms with van der Waals surface area (Å²) in [4.78, 5) is 16.0. The zero-order valence-electron chi connectivity index (χ0n) is 12.1. The quantitative estimate of drug-likeness (QED) is 0.797. The Morgan fingerprint density at radius 3 is 2.59 bits per heavy atom. The highest BCUT2D eigenvalue weighted by atomic mass is 16.2. The number of pyridine rings is 1. The summed E-state index contributed by atoms with van der Waals surface area (Å²) in [7, 11) is 0. The number of carbonyl (C=O) groups excluding carboxylic acids is 1. The average Bonchev–Trinajstić information content (AvgIpc) is 3.04. The molecule has 3 aromatic rings. The molecule has 0 saturated heterocycles. The zero-order valence-corrected chi connectivity index (χ0v) is 12.1. The minimum atomic E-state index is -0.254. The van der Waals surface area contributed by atoms with Gasteiger partial charge in [0.2, 0.25) is 0 Å². The molecule has 0 saturated carbocycles. The molecule has 1 amide bonds. The smallest absolute Gasteiger partial charge is 0.273 e. The van der Waals surface area contributed by atoms with Gasteiger partial charge in [-0.05, 0) is 36.8 Å². The van der Waals surface area contributed by atoms with E-state index in [0.29, 0.717) is 6.54 Å². The van der Waals surface area contributed by atoms with Gasteiger partial charge in [0.25, 0.3) is 5.91 Å². The van der Waals surface area contributed by atoms with Crippen molar-refractivity contribution in [2.24, 2.45) is 0 Å². The van der Waals surface area contributed by atoms with Gasteiger partial charge in [-0.1, -0.05) is 22.9 Å². The van der Waals surface area contributed by atoms with Crippen LogP contribution in [-0.4, -0.2) is 25.9 Å². The lowest BCUT2D eigenvalue weighted by molar-refractivity contribution is 0.0946. The van der Waals surface area contributed by atoms with E-state index in [-0.39, 0.29) is 11.6 Å². The molecule has 3 rings (SSSR count). The molecule has 0 aliphatic heterocycles. The van der Waals surface area contributed by atoms with Gasteiger partial charge in [-0.15, -0.1) is 5.10 Å². The van der Waals surface area contributed by atoms with Crippen molar-refractivity contribution in [2.75, 3.05) is 0 Å². The molecule has 1 N–H and O–H groups in total. The molecule has 0 spiro atoms. The Morgan fingerprint density at radius 2 is 1.86 bits per heavy atom. The fourth-order valence-corrected chi connectivity index (χ4v) is 1.97. The number of nitrogens with one attached hydrogen (secondary N) is 1. The largest absolute Gasteiger partial charge is 0.347 e. The molecule has 0 bridgehead atoms. The third kappa shape index (κ3) is 3.17. The van der Waals surface area contributed by atoms with Crippen molar-refractivity contribution in [1.82, 2.24) is 25.3 Å². The highest BCUT2D eigenvalue weighted by molar-refractivity contribution is 5.91. The summed E-state index contributed by atoms with van der Waals surface area (Å²) in [6.45, 7) is 2.45. The monoisotopic (exact) mass is 293 g/mol. The predicted molar refractivity (Wildman–Crippen MR) is 81.5 cm³/mol. The van der Waals surface area contributed by atoms with Crippen molar-refractivity contribution in [1.29, 1.82) is 0 Å². The average molecular weight is 293 g/mol. The van der Waals surface area contributed by atoms with E-state index < -0.39 is 0 Å². The molecule has 0 aliphatic rings. The van der Waals surface area contributed by atoms with Gasteiger partial charge in [-0.25, -0.2) is 4.68 Å². The van der Waals surface area contributed by atoms with Crippen molar-refractivity contribution in [2.45, 2.75) is 13.5 Å². The van der Waals surface area contributed by atoms with Gasteiger partial charge >= 0.3 is 0 Å². The summed E-state index contributed by atoms with van der Waals surface area (Å²) in [5.74, 6) is -0.254. The molecule has 2 aromatic heterocycles. The maximum absolute atomic E-state index is 12.1. The Hall–Kier alpha value is -3.02. The van der Waals surface area contributed by atoms with E-state index in [2.05, 4.69) is 20.6 Å². The topological polar surface area (TPSA) is 72.7 Å². The molecule has 0 unspecified atom stereocenters. The third-order valence-corrected chi connectivity index (χ3v) is 3.23. The summed E-state index contributed by atoms with van der Waals surface area (Å²) < 4.78 is 1.58. The molecular weight excluding hydrogens is 278 g/mol. The van der Waals surface area contributed by atoms with Gasteiger partial charge in [0.1, 0.15) is 0 Å². The van der Waals surface area contributed by atoms with E-state index >= 15 is 0 Å². The SMILES string of the molecule is Cc1ccc(-n2cc(C(=O)NCc3ccncc3)nn2)cc1. The van der Waals surface area contributed by atoms with Crippen LogP contribution in [0.4, 0.5) is 0 Å². The molecule has 0 atom stereocenters. The standard InChI is InChI=1S/C16H15N5O/c1-12-2-4-14(5-3-12)21-11-15(19-20-21)16(22)18-10-13-6-8-17-9-7-13/h2-9,11H,10H2,1H3,(H,18,22). The molecule has 1 aromatic carbocycles. The van der Waals surface area contributed by atoms with Gasteiger partial charge < -0.3 is 5.32 Å². The molecule has 2 heterocycles. The lowest BCUT2D eigenvalue weighted by atomic mass is 10.2. The number of hydrogen-bond acceptors (Lipinski definition) is 4. The number of nitrogens with zero attached hydrogens (tertiary/aromatic N) is 4. The van der Waals surface area contributed by atoms with Crippen molar-refractivity contribution in [3.8, 4) is 5.69 Å². The first kappa shape index (κ1) is 13.9. The highest BCUT2D eigenvalue weighted by Gasteiger charge is 2.11. The first-order chi connectivity index (χ1) is 10.7. The van der Waals surface area contributed by atoms with Crippen LogP contribution in [0.15, 0.2) is 55.0 Å². The van der Waals surface area contributed by atoms with E-state index in [9.17, 15) is 4.79 Å². The second-order valence-electron chi connectivity index (χ2n) is 4.92. The summed E-state index contributed by atoms with van der Waals surface area (Å²) in [6, 6.07) is 11.5. The van der Waals surface area contributed by atoms with Crippen molar-refractivity contribution >= 4 is 5.91 Å². The number of aromatic nitrogens is 4. The summed E-state index contributed by atoms with van der Waals surface area (Å²) in [5.41, 5.74) is 3.30. The minimum absolute atomic E-state index is 0.254. The van der Waals surface area contributed by atoms with Crippen LogP contribution in [0.25, 0.3) is 5.69 Å². The highest BCUT2D eigenvalue weighted by Crippen LogP contribution is 2.08. The second kappa shape index (κ2) is 6.17. The molecule has 0 fully saturated rings. The maximum Gasteiger partial charge on any atom is 0.273 e. The first-order valence-corrected chi connectivity index (χ1v) is 6.89. The fourth-order valence-electron chi connectivity index (χ4n) is 1.97. The predicted octanol–water partition coefficient (Wildman–Crippen LogP) is 1.90.